The first-order valence-corrected chi connectivity index (χ1v) is 28.8. The van der Waals surface area contributed by atoms with Gasteiger partial charge in [0.05, 0.1) is 0 Å². The SMILES string of the molecule is [Ag+].[Ag+].[C-]#Cc1ccc2c3cccc4cccc(c5cccc1c52)c43.[C-]#Cc1ccc2c3cccc4cccc(c5cccc1c52)c43.c1ccc([PH+](c2ccccc2)c2ccccc2[PH+](c2ccccc2)c2ccccc2)cc1. The molecule has 0 amide bonds. The van der Waals surface area contributed by atoms with Gasteiger partial charge in [0.15, 0.2) is 0 Å². The van der Waals surface area contributed by atoms with Crippen molar-refractivity contribution in [3.05, 3.63) is 303 Å². The molecular weight excluding hydrogens is 1170 g/mol. The maximum Gasteiger partial charge on any atom is 1.00 e. The maximum absolute atomic E-state index is 7.55. The van der Waals surface area contributed by atoms with Crippen LogP contribution >= 0.6 is 15.8 Å². The number of rotatable bonds is 6. The minimum atomic E-state index is -1.14. The average molecular weight is 1210 g/mol. The van der Waals surface area contributed by atoms with E-state index in [0.29, 0.717) is 0 Å². The Morgan fingerprint density at radius 1 is 0.218 bits per heavy atom. The van der Waals surface area contributed by atoms with Crippen molar-refractivity contribution in [1.29, 1.82) is 0 Å². The van der Waals surface area contributed by atoms with Crippen LogP contribution in [0.2, 0.25) is 0 Å². The average Bonchev–Trinajstić information content (AvgIpc) is 3.64. The predicted octanol–water partition coefficient (Wildman–Crippen LogP) is 16.0. The largest absolute Gasteiger partial charge is 1.00 e. The Labute approximate surface area is 489 Å². The van der Waals surface area contributed by atoms with Crippen LogP contribution in [-0.4, -0.2) is 0 Å². The van der Waals surface area contributed by atoms with Crippen molar-refractivity contribution < 1.29 is 44.8 Å². The van der Waals surface area contributed by atoms with E-state index in [9.17, 15) is 0 Å². The normalized spacial score (nSPS) is 11.1. The molecule has 0 unspecified atom stereocenters. The second-order valence-corrected chi connectivity index (χ2v) is 24.1. The minimum absolute atomic E-state index is 0. The van der Waals surface area contributed by atoms with E-state index < -0.39 is 15.8 Å². The number of hydrogen-bond acceptors (Lipinski definition) is 0. The molecule has 0 N–H and O–H groups in total. The van der Waals surface area contributed by atoms with Crippen LogP contribution in [0.1, 0.15) is 11.1 Å². The molecule has 0 aliphatic carbocycles. The van der Waals surface area contributed by atoms with E-state index in [2.05, 4.69) is 279 Å². The molecule has 0 bridgehead atoms. The van der Waals surface area contributed by atoms with Gasteiger partial charge in [0.2, 0.25) is 0 Å². The second-order valence-electron chi connectivity index (χ2n) is 19.2. The van der Waals surface area contributed by atoms with Crippen LogP contribution in [0.4, 0.5) is 0 Å². The van der Waals surface area contributed by atoms with Gasteiger partial charge in [0.1, 0.15) is 47.7 Å². The van der Waals surface area contributed by atoms with Gasteiger partial charge in [-0.15, -0.1) is 23.3 Å². The fraction of sp³-hybridized carbons (Fsp3) is 0. The minimum Gasteiger partial charge on any atom is -0.366 e. The van der Waals surface area contributed by atoms with E-state index in [1.54, 1.807) is 0 Å². The summed E-state index contributed by atoms with van der Waals surface area (Å²) in [6.07, 6.45) is 15.1. The van der Waals surface area contributed by atoms with Crippen LogP contribution in [0.5, 0.6) is 0 Å². The van der Waals surface area contributed by atoms with Crippen LogP contribution in [0.25, 0.3) is 86.2 Å². The van der Waals surface area contributed by atoms with E-state index in [0.717, 1.165) is 21.9 Å². The molecule has 0 aliphatic rings. The van der Waals surface area contributed by atoms with E-state index in [1.807, 2.05) is 12.1 Å². The summed E-state index contributed by atoms with van der Waals surface area (Å²) in [4.78, 5) is 0. The standard InChI is InChI=1S/C30H24P2.2C22H11.2Ag/c1-5-15-25(16-6-1)31(26-17-7-2-8-18-26)29-23-13-14-24-30(29)32(27-19-9-3-10-20-27)28-21-11-4-12-22-28;2*1-2-14-12-13-20-18-10-4-7-15-6-3-9-17(21(15)18)19-11-5-8-16(14)22(19)20;;/h1-24H;2*3-13H;;/q;2*-1;2*+1/p+2. The summed E-state index contributed by atoms with van der Waals surface area (Å²) in [6, 6.07) is 100. The first-order chi connectivity index (χ1) is 37.7. The molecule has 0 aromatic heterocycles. The Bertz CT molecular complexity index is 4180. The summed E-state index contributed by atoms with van der Waals surface area (Å²) >= 11 is 0. The van der Waals surface area contributed by atoms with Gasteiger partial charge < -0.3 is 12.8 Å². The zero-order valence-corrected chi connectivity index (χ0v) is 47.1. The number of hydrogen-bond donors (Lipinski definition) is 0. The molecule has 15 rings (SSSR count). The summed E-state index contributed by atoms with van der Waals surface area (Å²) in [5.41, 5.74) is 1.71. The quantitative estimate of drug-likeness (QED) is 0.0389. The summed E-state index contributed by atoms with van der Waals surface area (Å²) < 4.78 is 0. The topological polar surface area (TPSA) is 0 Å². The van der Waals surface area contributed by atoms with Crippen molar-refractivity contribution in [1.82, 2.24) is 0 Å². The fourth-order valence-electron chi connectivity index (χ4n) is 11.8. The van der Waals surface area contributed by atoms with Crippen LogP contribution in [0.15, 0.2) is 279 Å². The van der Waals surface area contributed by atoms with Crippen LogP contribution < -0.4 is 31.8 Å². The zero-order chi connectivity index (χ0) is 51.0. The van der Waals surface area contributed by atoms with E-state index in [-0.39, 0.29) is 44.8 Å². The molecule has 0 saturated carbocycles. The Balaban J connectivity index is 0.000000125. The summed E-state index contributed by atoms with van der Waals surface area (Å²) in [6.45, 7) is 0. The molecule has 0 radical (unpaired) electrons. The molecule has 374 valence electrons. The van der Waals surface area contributed by atoms with Gasteiger partial charge in [-0.3, -0.25) is 11.8 Å². The van der Waals surface area contributed by atoms with Crippen LogP contribution in [-0.2, 0) is 44.8 Å². The van der Waals surface area contributed by atoms with E-state index >= 15 is 0 Å². The third-order valence-electron chi connectivity index (χ3n) is 15.0. The van der Waals surface area contributed by atoms with Gasteiger partial charge in [-0.2, -0.15) is 0 Å². The monoisotopic (exact) mass is 1210 g/mol. The molecule has 0 fully saturated rings. The molecule has 0 atom stereocenters. The van der Waals surface area contributed by atoms with Crippen molar-refractivity contribution in [3.63, 3.8) is 0 Å². The smallest absolute Gasteiger partial charge is 0.366 e. The number of benzene rings is 15. The fourth-order valence-corrected chi connectivity index (χ4v) is 17.8. The molecule has 0 saturated heterocycles. The first-order valence-electron chi connectivity index (χ1n) is 25.8. The van der Waals surface area contributed by atoms with Crippen molar-refractivity contribution in [2.75, 3.05) is 0 Å². The first kappa shape index (κ1) is 52.4. The Hall–Kier alpha value is -7.64. The molecule has 0 spiro atoms. The summed E-state index contributed by atoms with van der Waals surface area (Å²) in [7, 11) is -2.28. The third-order valence-corrected chi connectivity index (χ3v) is 20.9. The molecular formula is C74H48Ag2P2+2. The van der Waals surface area contributed by atoms with Crippen molar-refractivity contribution in [2.45, 2.75) is 0 Å². The van der Waals surface area contributed by atoms with Gasteiger partial charge in [-0.05, 0) is 136 Å². The predicted molar refractivity (Wildman–Crippen MR) is 334 cm³/mol. The summed E-state index contributed by atoms with van der Waals surface area (Å²) in [5.74, 6) is 5.14. The molecule has 0 nitrogen and oxygen atoms in total. The summed E-state index contributed by atoms with van der Waals surface area (Å²) in [5, 5.41) is 28.8. The molecule has 78 heavy (non-hydrogen) atoms. The Morgan fingerprint density at radius 3 is 0.756 bits per heavy atom. The third kappa shape index (κ3) is 9.43. The zero-order valence-electron chi connectivity index (χ0n) is 42.2. The van der Waals surface area contributed by atoms with Crippen LogP contribution in [0, 0.1) is 24.7 Å². The maximum atomic E-state index is 7.55. The van der Waals surface area contributed by atoms with Crippen molar-refractivity contribution in [3.8, 4) is 11.8 Å². The van der Waals surface area contributed by atoms with Gasteiger partial charge in [-0.1, -0.05) is 217 Å². The van der Waals surface area contributed by atoms with Crippen molar-refractivity contribution >= 4 is 134 Å². The molecule has 0 aliphatic heterocycles. The number of fused-ring (bicyclic) bond motifs is 4. The van der Waals surface area contributed by atoms with Gasteiger partial charge >= 0.3 is 44.8 Å². The molecule has 4 heteroatoms. The molecule has 15 aromatic rings. The molecule has 15 aromatic carbocycles. The van der Waals surface area contributed by atoms with Gasteiger partial charge in [0, 0.05) is 0 Å². The van der Waals surface area contributed by atoms with E-state index in [1.165, 1.54) is 107 Å². The Kier molecular flexibility index (Phi) is 15.5. The van der Waals surface area contributed by atoms with E-state index in [4.69, 9.17) is 12.8 Å². The second kappa shape index (κ2) is 23.1. The van der Waals surface area contributed by atoms with Crippen LogP contribution in [0.3, 0.4) is 0 Å². The molecule has 0 heterocycles. The van der Waals surface area contributed by atoms with Gasteiger partial charge in [-0.25, -0.2) is 0 Å². The Morgan fingerprint density at radius 2 is 0.462 bits per heavy atom. The van der Waals surface area contributed by atoms with Crippen molar-refractivity contribution in [2.24, 2.45) is 0 Å². The van der Waals surface area contributed by atoms with Gasteiger partial charge in [0.25, 0.3) is 0 Å².